The molecule has 4 nitrogen and oxygen atoms in total. The number of esters is 1. The Labute approximate surface area is 120 Å². The first-order valence-corrected chi connectivity index (χ1v) is 6.08. The highest BCUT2D eigenvalue weighted by molar-refractivity contribution is 6.35. The summed E-state index contributed by atoms with van der Waals surface area (Å²) in [5.74, 6) is -0.359. The zero-order valence-electron chi connectivity index (χ0n) is 9.98. The third kappa shape index (κ3) is 2.80. The lowest BCUT2D eigenvalue weighted by Crippen LogP contribution is -2.06. The minimum absolute atomic E-state index is 0.141. The number of benzene rings is 1. The van der Waals surface area contributed by atoms with Crippen LogP contribution in [-0.4, -0.2) is 18.1 Å². The fourth-order valence-corrected chi connectivity index (χ4v) is 2.02. The number of hydrogen-bond donors (Lipinski definition) is 1. The summed E-state index contributed by atoms with van der Waals surface area (Å²) in [7, 11) is 1.28. The van der Waals surface area contributed by atoms with E-state index in [0.29, 0.717) is 21.2 Å². The number of nitrogens with two attached hydrogens (primary N) is 1. The molecule has 0 fully saturated rings. The van der Waals surface area contributed by atoms with E-state index in [-0.39, 0.29) is 11.5 Å². The molecule has 1 aromatic heterocycles. The van der Waals surface area contributed by atoms with Gasteiger partial charge in [0.15, 0.2) is 5.69 Å². The van der Waals surface area contributed by atoms with Crippen molar-refractivity contribution in [2.75, 3.05) is 12.8 Å². The van der Waals surface area contributed by atoms with Crippen LogP contribution in [0.25, 0.3) is 11.1 Å². The fourth-order valence-electron chi connectivity index (χ4n) is 1.62. The largest absolute Gasteiger partial charge is 0.464 e. The molecule has 1 heterocycles. The first-order valence-electron chi connectivity index (χ1n) is 5.33. The zero-order chi connectivity index (χ0) is 14.0. The number of halogens is 2. The number of ether oxygens (including phenoxy) is 1. The molecule has 1 aromatic carbocycles. The van der Waals surface area contributed by atoms with Crippen LogP contribution in [0.2, 0.25) is 10.0 Å². The van der Waals surface area contributed by atoms with Gasteiger partial charge in [-0.1, -0.05) is 23.2 Å². The van der Waals surface area contributed by atoms with Crippen molar-refractivity contribution in [3.05, 3.63) is 46.1 Å². The topological polar surface area (TPSA) is 65.2 Å². The molecule has 98 valence electrons. The van der Waals surface area contributed by atoms with Crippen LogP contribution in [0.5, 0.6) is 0 Å². The van der Waals surface area contributed by atoms with Crippen LogP contribution in [0.3, 0.4) is 0 Å². The van der Waals surface area contributed by atoms with E-state index in [0.717, 1.165) is 0 Å². The smallest absolute Gasteiger partial charge is 0.356 e. The van der Waals surface area contributed by atoms with Gasteiger partial charge in [-0.05, 0) is 30.3 Å². The first-order chi connectivity index (χ1) is 9.02. The predicted octanol–water partition coefficient (Wildman–Crippen LogP) is 3.42. The normalized spacial score (nSPS) is 10.3. The molecular weight excluding hydrogens is 287 g/mol. The molecule has 0 saturated heterocycles. The fraction of sp³-hybridized carbons (Fsp3) is 0.0769. The number of methoxy groups -OCH3 is 1. The zero-order valence-corrected chi connectivity index (χ0v) is 11.5. The van der Waals surface area contributed by atoms with E-state index in [1.165, 1.54) is 13.2 Å². The maximum Gasteiger partial charge on any atom is 0.356 e. The molecule has 0 saturated carbocycles. The van der Waals surface area contributed by atoms with Gasteiger partial charge in [-0.15, -0.1) is 0 Å². The van der Waals surface area contributed by atoms with Gasteiger partial charge in [0.1, 0.15) is 5.82 Å². The summed E-state index contributed by atoms with van der Waals surface area (Å²) in [4.78, 5) is 15.3. The Hall–Kier alpha value is -1.78. The Kier molecular flexibility index (Phi) is 3.93. The van der Waals surface area contributed by atoms with Gasteiger partial charge in [-0.3, -0.25) is 0 Å². The summed E-state index contributed by atoms with van der Waals surface area (Å²) in [6.07, 6.45) is 0. The number of anilines is 1. The Morgan fingerprint density at radius 2 is 1.95 bits per heavy atom. The Balaban J connectivity index is 2.52. The molecule has 2 aromatic rings. The van der Waals surface area contributed by atoms with Crippen molar-refractivity contribution in [1.82, 2.24) is 4.98 Å². The number of nitrogens with zero attached hydrogens (tertiary/aromatic N) is 1. The number of pyridine rings is 1. The van der Waals surface area contributed by atoms with Crippen LogP contribution in [0.4, 0.5) is 5.82 Å². The molecule has 2 N–H and O–H groups in total. The van der Waals surface area contributed by atoms with Gasteiger partial charge >= 0.3 is 5.97 Å². The van der Waals surface area contributed by atoms with Crippen LogP contribution < -0.4 is 5.73 Å². The predicted molar refractivity (Wildman–Crippen MR) is 75.4 cm³/mol. The Morgan fingerprint density at radius 1 is 1.21 bits per heavy atom. The van der Waals surface area contributed by atoms with Gasteiger partial charge < -0.3 is 10.5 Å². The Morgan fingerprint density at radius 3 is 2.58 bits per heavy atom. The molecule has 2 rings (SSSR count). The van der Waals surface area contributed by atoms with Crippen LogP contribution in [0, 0.1) is 0 Å². The van der Waals surface area contributed by atoms with E-state index in [1.54, 1.807) is 24.3 Å². The van der Waals surface area contributed by atoms with E-state index < -0.39 is 5.97 Å². The molecule has 0 bridgehead atoms. The van der Waals surface area contributed by atoms with Crippen molar-refractivity contribution in [2.24, 2.45) is 0 Å². The van der Waals surface area contributed by atoms with Crippen molar-refractivity contribution in [2.45, 2.75) is 0 Å². The molecule has 0 atom stereocenters. The van der Waals surface area contributed by atoms with Gasteiger partial charge in [0.25, 0.3) is 0 Å². The van der Waals surface area contributed by atoms with Gasteiger partial charge in [0.2, 0.25) is 0 Å². The summed E-state index contributed by atoms with van der Waals surface area (Å²) in [6.45, 7) is 0. The van der Waals surface area contributed by atoms with Crippen molar-refractivity contribution in [3.8, 4) is 11.1 Å². The van der Waals surface area contributed by atoms with E-state index in [9.17, 15) is 4.79 Å². The molecule has 0 aliphatic heterocycles. The SMILES string of the molecule is COC(=O)c1ccc(-c2cc(Cl)ccc2Cl)c(N)n1. The molecule has 0 radical (unpaired) electrons. The summed E-state index contributed by atoms with van der Waals surface area (Å²) >= 11 is 12.0. The highest BCUT2D eigenvalue weighted by Gasteiger charge is 2.13. The molecule has 19 heavy (non-hydrogen) atoms. The number of hydrogen-bond acceptors (Lipinski definition) is 4. The van der Waals surface area contributed by atoms with Gasteiger partial charge in [-0.2, -0.15) is 0 Å². The number of aromatic nitrogens is 1. The monoisotopic (exact) mass is 296 g/mol. The average molecular weight is 297 g/mol. The molecule has 6 heteroatoms. The van der Waals surface area contributed by atoms with Crippen LogP contribution in [0.1, 0.15) is 10.5 Å². The maximum atomic E-state index is 11.3. The van der Waals surface area contributed by atoms with Gasteiger partial charge in [0, 0.05) is 21.2 Å². The lowest BCUT2D eigenvalue weighted by atomic mass is 10.1. The summed E-state index contributed by atoms with van der Waals surface area (Å²) in [5, 5.41) is 1.04. The quantitative estimate of drug-likeness (QED) is 0.862. The van der Waals surface area contributed by atoms with Crippen LogP contribution in [0.15, 0.2) is 30.3 Å². The third-order valence-corrected chi connectivity index (χ3v) is 3.10. The summed E-state index contributed by atoms with van der Waals surface area (Å²) in [5.41, 5.74) is 7.26. The highest BCUT2D eigenvalue weighted by Crippen LogP contribution is 2.33. The minimum atomic E-state index is -0.546. The second-order valence-corrected chi connectivity index (χ2v) is 4.59. The van der Waals surface area contributed by atoms with Crippen LogP contribution >= 0.6 is 23.2 Å². The number of nitrogen functional groups attached to an aromatic ring is 1. The minimum Gasteiger partial charge on any atom is -0.464 e. The average Bonchev–Trinajstić information content (AvgIpc) is 2.41. The molecule has 0 amide bonds. The second kappa shape index (κ2) is 5.47. The van der Waals surface area contributed by atoms with E-state index in [1.807, 2.05) is 0 Å². The number of rotatable bonds is 2. The lowest BCUT2D eigenvalue weighted by Gasteiger charge is -2.09. The van der Waals surface area contributed by atoms with Crippen molar-refractivity contribution in [1.29, 1.82) is 0 Å². The van der Waals surface area contributed by atoms with Crippen molar-refractivity contribution >= 4 is 35.0 Å². The molecule has 0 spiro atoms. The Bertz CT molecular complexity index is 645. The molecule has 0 aliphatic rings. The standard InChI is InChI=1S/C13H10Cl2N2O2/c1-19-13(18)11-5-3-8(12(16)17-11)9-6-7(14)2-4-10(9)15/h2-6H,1H3,(H2,16,17). The summed E-state index contributed by atoms with van der Waals surface area (Å²) in [6, 6.07) is 8.22. The first kappa shape index (κ1) is 13.6. The van der Waals surface area contributed by atoms with Crippen LogP contribution in [-0.2, 0) is 4.74 Å². The van der Waals surface area contributed by atoms with Crippen molar-refractivity contribution in [3.63, 3.8) is 0 Å². The highest BCUT2D eigenvalue weighted by atomic mass is 35.5. The van der Waals surface area contributed by atoms with E-state index in [2.05, 4.69) is 9.72 Å². The van der Waals surface area contributed by atoms with Gasteiger partial charge in [0.05, 0.1) is 7.11 Å². The number of carbonyl (C=O) groups excluding carboxylic acids is 1. The van der Waals surface area contributed by atoms with E-state index in [4.69, 9.17) is 28.9 Å². The molecular formula is C13H10Cl2N2O2. The number of carbonyl (C=O) groups is 1. The van der Waals surface area contributed by atoms with E-state index >= 15 is 0 Å². The second-order valence-electron chi connectivity index (χ2n) is 3.75. The third-order valence-electron chi connectivity index (χ3n) is 2.54. The maximum absolute atomic E-state index is 11.3. The molecule has 0 unspecified atom stereocenters. The molecule has 0 aliphatic carbocycles. The van der Waals surface area contributed by atoms with Crippen molar-refractivity contribution < 1.29 is 9.53 Å². The van der Waals surface area contributed by atoms with Gasteiger partial charge in [-0.25, -0.2) is 9.78 Å². The lowest BCUT2D eigenvalue weighted by molar-refractivity contribution is 0.0594. The summed E-state index contributed by atoms with van der Waals surface area (Å²) < 4.78 is 4.58.